The third-order valence-corrected chi connectivity index (χ3v) is 4.04. The van der Waals surface area contributed by atoms with Gasteiger partial charge in [-0.3, -0.25) is 4.79 Å². The van der Waals surface area contributed by atoms with Crippen LogP contribution in [0.15, 0.2) is 12.1 Å². The van der Waals surface area contributed by atoms with E-state index in [2.05, 4.69) is 12.6 Å². The summed E-state index contributed by atoms with van der Waals surface area (Å²) in [4.78, 5) is 13.8. The van der Waals surface area contributed by atoms with Gasteiger partial charge in [0.2, 0.25) is 5.91 Å². The second-order valence-corrected chi connectivity index (χ2v) is 5.30. The molecule has 1 saturated heterocycles. The van der Waals surface area contributed by atoms with Crippen molar-refractivity contribution in [1.29, 1.82) is 0 Å². The number of ether oxygens (including phenoxy) is 1. The first-order valence-corrected chi connectivity index (χ1v) is 6.83. The van der Waals surface area contributed by atoms with Crippen LogP contribution in [-0.2, 0) is 4.79 Å². The van der Waals surface area contributed by atoms with Gasteiger partial charge in [-0.05, 0) is 36.3 Å². The lowest BCUT2D eigenvalue weighted by Gasteiger charge is -2.20. The maximum atomic E-state index is 12.0. The van der Waals surface area contributed by atoms with Gasteiger partial charge in [-0.25, -0.2) is 0 Å². The summed E-state index contributed by atoms with van der Waals surface area (Å²) in [6.07, 6.45) is 0.562. The highest BCUT2D eigenvalue weighted by atomic mass is 35.5. The van der Waals surface area contributed by atoms with Gasteiger partial charge in [0.15, 0.2) is 0 Å². The minimum absolute atomic E-state index is 0.137. The van der Waals surface area contributed by atoms with E-state index in [1.807, 2.05) is 13.0 Å². The zero-order valence-electron chi connectivity index (χ0n) is 10.4. The Morgan fingerprint density at radius 3 is 2.83 bits per heavy atom. The van der Waals surface area contributed by atoms with E-state index >= 15 is 0 Å². The molecule has 0 saturated carbocycles. The Morgan fingerprint density at radius 2 is 2.28 bits per heavy atom. The van der Waals surface area contributed by atoms with Gasteiger partial charge in [-0.2, -0.15) is 12.6 Å². The average Bonchev–Trinajstić information content (AvgIpc) is 2.73. The summed E-state index contributed by atoms with van der Waals surface area (Å²) >= 11 is 10.4. The predicted molar refractivity (Wildman–Crippen MR) is 77.1 cm³/mol. The molecule has 1 heterocycles. The molecule has 18 heavy (non-hydrogen) atoms. The molecule has 0 spiro atoms. The van der Waals surface area contributed by atoms with Crippen molar-refractivity contribution in [3.63, 3.8) is 0 Å². The van der Waals surface area contributed by atoms with Gasteiger partial charge >= 0.3 is 0 Å². The fourth-order valence-electron chi connectivity index (χ4n) is 2.23. The maximum absolute atomic E-state index is 12.0. The highest BCUT2D eigenvalue weighted by molar-refractivity contribution is 7.80. The van der Waals surface area contributed by atoms with E-state index < -0.39 is 0 Å². The zero-order chi connectivity index (χ0) is 13.3. The van der Waals surface area contributed by atoms with Crippen LogP contribution >= 0.6 is 24.2 Å². The van der Waals surface area contributed by atoms with Crippen molar-refractivity contribution in [3.05, 3.63) is 22.7 Å². The molecule has 5 heteroatoms. The predicted octanol–water partition coefficient (Wildman–Crippen LogP) is 2.94. The Balaban J connectivity index is 2.34. The van der Waals surface area contributed by atoms with Crippen LogP contribution in [0.3, 0.4) is 0 Å². The fraction of sp³-hybridized carbons (Fsp3) is 0.462. The number of hydrogen-bond donors (Lipinski definition) is 1. The summed E-state index contributed by atoms with van der Waals surface area (Å²) in [5.74, 6) is 1.82. The highest BCUT2D eigenvalue weighted by Crippen LogP contribution is 2.35. The minimum Gasteiger partial charge on any atom is -0.495 e. The van der Waals surface area contributed by atoms with Gasteiger partial charge in [0, 0.05) is 18.7 Å². The number of nitrogens with zero attached hydrogens (tertiary/aromatic N) is 1. The molecule has 3 nitrogen and oxygen atoms in total. The van der Waals surface area contributed by atoms with Crippen LogP contribution in [-0.4, -0.2) is 25.3 Å². The molecule has 2 rings (SSSR count). The first kappa shape index (κ1) is 13.6. The number of carbonyl (C=O) groups excluding carboxylic acids is 1. The Hall–Kier alpha value is -0.870. The van der Waals surface area contributed by atoms with E-state index in [1.165, 1.54) is 0 Å². The zero-order valence-corrected chi connectivity index (χ0v) is 12.1. The van der Waals surface area contributed by atoms with Crippen molar-refractivity contribution >= 4 is 35.8 Å². The number of anilines is 1. The standard InChI is InChI=1S/C13H16ClNO2S/c1-8-3-12(17-2)10(14)5-11(8)15-6-9(7-18)4-13(15)16/h3,5,9,18H,4,6-7H2,1-2H3. The van der Waals surface area contributed by atoms with E-state index in [-0.39, 0.29) is 5.91 Å². The van der Waals surface area contributed by atoms with Crippen molar-refractivity contribution < 1.29 is 9.53 Å². The van der Waals surface area contributed by atoms with Gasteiger partial charge in [-0.1, -0.05) is 11.6 Å². The second kappa shape index (κ2) is 5.41. The number of hydrogen-bond acceptors (Lipinski definition) is 3. The van der Waals surface area contributed by atoms with Crippen LogP contribution in [0.25, 0.3) is 0 Å². The lowest BCUT2D eigenvalue weighted by atomic mass is 10.1. The smallest absolute Gasteiger partial charge is 0.227 e. The summed E-state index contributed by atoms with van der Waals surface area (Å²) in [5.41, 5.74) is 1.86. The van der Waals surface area contributed by atoms with Gasteiger partial charge in [0.1, 0.15) is 5.75 Å². The van der Waals surface area contributed by atoms with Crippen LogP contribution < -0.4 is 9.64 Å². The lowest BCUT2D eigenvalue weighted by molar-refractivity contribution is -0.117. The number of methoxy groups -OCH3 is 1. The molecule has 0 N–H and O–H groups in total. The topological polar surface area (TPSA) is 29.5 Å². The number of benzene rings is 1. The van der Waals surface area contributed by atoms with Crippen molar-refractivity contribution in [1.82, 2.24) is 0 Å². The summed E-state index contributed by atoms with van der Waals surface area (Å²) in [5, 5.41) is 0.528. The molecule has 1 atom stereocenters. The Labute approximate surface area is 117 Å². The molecule has 1 fully saturated rings. The third kappa shape index (κ3) is 2.45. The lowest BCUT2D eigenvalue weighted by Crippen LogP contribution is -2.25. The SMILES string of the molecule is COc1cc(C)c(N2CC(CS)CC2=O)cc1Cl. The average molecular weight is 286 g/mol. The van der Waals surface area contributed by atoms with E-state index in [0.29, 0.717) is 29.7 Å². The number of carbonyl (C=O) groups is 1. The van der Waals surface area contributed by atoms with Gasteiger partial charge in [0.05, 0.1) is 12.1 Å². The number of rotatable bonds is 3. The summed E-state index contributed by atoms with van der Waals surface area (Å²) in [6, 6.07) is 3.66. The number of thiol groups is 1. The van der Waals surface area contributed by atoms with Crippen LogP contribution in [0.5, 0.6) is 5.75 Å². The molecule has 0 bridgehead atoms. The largest absolute Gasteiger partial charge is 0.495 e. The first-order chi connectivity index (χ1) is 8.56. The monoisotopic (exact) mass is 285 g/mol. The summed E-state index contributed by atoms with van der Waals surface area (Å²) in [6.45, 7) is 2.67. The molecule has 1 amide bonds. The van der Waals surface area contributed by atoms with Crippen LogP contribution in [0.4, 0.5) is 5.69 Å². The molecule has 1 unspecified atom stereocenters. The van der Waals surface area contributed by atoms with Crippen LogP contribution in [0.2, 0.25) is 5.02 Å². The van der Waals surface area contributed by atoms with Gasteiger partial charge in [0.25, 0.3) is 0 Å². The fourth-order valence-corrected chi connectivity index (χ4v) is 2.71. The molecule has 0 radical (unpaired) electrons. The first-order valence-electron chi connectivity index (χ1n) is 5.82. The summed E-state index contributed by atoms with van der Waals surface area (Å²) < 4.78 is 5.16. The van der Waals surface area contributed by atoms with Crippen molar-refractivity contribution in [2.24, 2.45) is 5.92 Å². The van der Waals surface area contributed by atoms with Crippen molar-refractivity contribution in [2.45, 2.75) is 13.3 Å². The maximum Gasteiger partial charge on any atom is 0.227 e. The van der Waals surface area contributed by atoms with Gasteiger partial charge in [-0.15, -0.1) is 0 Å². The molecule has 98 valence electrons. The molecular formula is C13H16ClNO2S. The number of halogens is 1. The van der Waals surface area contributed by atoms with Crippen LogP contribution in [0.1, 0.15) is 12.0 Å². The van der Waals surface area contributed by atoms with Crippen molar-refractivity contribution in [3.8, 4) is 5.75 Å². The second-order valence-electron chi connectivity index (χ2n) is 4.53. The minimum atomic E-state index is 0.137. The van der Waals surface area contributed by atoms with Crippen LogP contribution in [0, 0.1) is 12.8 Å². The molecule has 1 aliphatic heterocycles. The van der Waals surface area contributed by atoms with E-state index in [0.717, 1.165) is 17.0 Å². The normalized spacial score (nSPS) is 19.4. The molecule has 0 aromatic heterocycles. The van der Waals surface area contributed by atoms with E-state index in [4.69, 9.17) is 16.3 Å². The van der Waals surface area contributed by atoms with E-state index in [9.17, 15) is 4.79 Å². The quantitative estimate of drug-likeness (QED) is 0.866. The Bertz CT molecular complexity index is 478. The molecule has 0 aliphatic carbocycles. The Kier molecular flexibility index (Phi) is 4.07. The molecule has 1 aromatic rings. The Morgan fingerprint density at radius 1 is 1.56 bits per heavy atom. The highest BCUT2D eigenvalue weighted by Gasteiger charge is 2.30. The summed E-state index contributed by atoms with van der Waals surface area (Å²) in [7, 11) is 1.58. The number of amides is 1. The van der Waals surface area contributed by atoms with Gasteiger partial charge < -0.3 is 9.64 Å². The molecule has 1 aliphatic rings. The number of aryl methyl sites for hydroxylation is 1. The van der Waals surface area contributed by atoms with E-state index in [1.54, 1.807) is 18.1 Å². The molecular weight excluding hydrogens is 270 g/mol. The third-order valence-electron chi connectivity index (χ3n) is 3.22. The van der Waals surface area contributed by atoms with Crippen molar-refractivity contribution in [2.75, 3.05) is 24.3 Å². The molecule has 1 aromatic carbocycles.